The first kappa shape index (κ1) is 21.8. The number of nitrogens with one attached hydrogen (secondary N) is 2. The molecule has 0 saturated heterocycles. The molecule has 152 valence electrons. The minimum Gasteiger partial charge on any atom is -0.465 e. The van der Waals surface area contributed by atoms with Gasteiger partial charge in [-0.15, -0.1) is 11.3 Å². The van der Waals surface area contributed by atoms with Gasteiger partial charge in [-0.05, 0) is 37.0 Å². The molecular weight excluding hydrogens is 385 g/mol. The number of carbonyl (C=O) groups is 2. The lowest BCUT2D eigenvalue weighted by atomic mass is 10.1. The summed E-state index contributed by atoms with van der Waals surface area (Å²) in [5, 5.41) is 16.4. The Bertz CT molecular complexity index is 752. The summed E-state index contributed by atoms with van der Waals surface area (Å²) in [5.41, 5.74) is 1.78. The van der Waals surface area contributed by atoms with Crippen LogP contribution in [0.25, 0.3) is 0 Å². The maximum atomic E-state index is 12.8. The van der Waals surface area contributed by atoms with Gasteiger partial charge in [-0.2, -0.15) is 0 Å². The van der Waals surface area contributed by atoms with E-state index in [9.17, 15) is 14.0 Å². The zero-order valence-corrected chi connectivity index (χ0v) is 16.3. The molecule has 3 N–H and O–H groups in total. The normalized spacial score (nSPS) is 10.6. The van der Waals surface area contributed by atoms with Gasteiger partial charge in [-0.3, -0.25) is 4.79 Å². The number of rotatable bonds is 12. The molecule has 1 aromatic heterocycles. The number of aryl methyl sites for hydroxylation is 1. The van der Waals surface area contributed by atoms with Gasteiger partial charge in [-0.1, -0.05) is 18.6 Å². The number of nitrogens with zero attached hydrogens (tertiary/aromatic N) is 1. The maximum Gasteiger partial charge on any atom is 0.405 e. The Balaban J connectivity index is 1.48. The highest BCUT2D eigenvalue weighted by atomic mass is 32.1. The van der Waals surface area contributed by atoms with Gasteiger partial charge in [-0.25, -0.2) is 14.2 Å². The van der Waals surface area contributed by atoms with E-state index in [2.05, 4.69) is 15.6 Å². The van der Waals surface area contributed by atoms with Crippen LogP contribution in [0.5, 0.6) is 0 Å². The zero-order chi connectivity index (χ0) is 20.2. The van der Waals surface area contributed by atoms with Crippen LogP contribution in [0.2, 0.25) is 0 Å². The first-order valence-electron chi connectivity index (χ1n) is 9.02. The number of amides is 2. The van der Waals surface area contributed by atoms with Crippen molar-refractivity contribution in [1.82, 2.24) is 15.6 Å². The molecule has 0 aliphatic rings. The highest BCUT2D eigenvalue weighted by Gasteiger charge is 2.04. The molecule has 2 aromatic rings. The van der Waals surface area contributed by atoms with E-state index in [1.807, 2.05) is 5.38 Å². The number of carboxylic acid groups (broad SMARTS) is 1. The molecule has 1 aromatic carbocycles. The largest absolute Gasteiger partial charge is 0.465 e. The predicted octanol–water partition coefficient (Wildman–Crippen LogP) is 3.10. The second-order valence-electron chi connectivity index (χ2n) is 6.17. The monoisotopic (exact) mass is 409 g/mol. The summed E-state index contributed by atoms with van der Waals surface area (Å²) in [6.45, 7) is 1.06. The molecule has 0 aliphatic heterocycles. The van der Waals surface area contributed by atoms with Crippen molar-refractivity contribution >= 4 is 23.3 Å². The molecule has 1 heterocycles. The smallest absolute Gasteiger partial charge is 0.405 e. The van der Waals surface area contributed by atoms with Gasteiger partial charge in [0.15, 0.2) is 0 Å². The Labute approximate surface area is 166 Å². The molecule has 7 nitrogen and oxygen atoms in total. The van der Waals surface area contributed by atoms with Crippen LogP contribution in [0.1, 0.15) is 35.5 Å². The number of unbranched alkanes of at least 4 members (excludes halogenated alkanes) is 2. The van der Waals surface area contributed by atoms with Gasteiger partial charge in [0.25, 0.3) is 0 Å². The summed E-state index contributed by atoms with van der Waals surface area (Å²) < 4.78 is 18.1. The van der Waals surface area contributed by atoms with E-state index in [1.54, 1.807) is 12.1 Å². The summed E-state index contributed by atoms with van der Waals surface area (Å²) >= 11 is 1.44. The lowest BCUT2D eigenvalue weighted by Gasteiger charge is -2.06. The molecule has 0 radical (unpaired) electrons. The second kappa shape index (κ2) is 12.0. The zero-order valence-electron chi connectivity index (χ0n) is 15.4. The maximum absolute atomic E-state index is 12.8. The molecule has 0 unspecified atom stereocenters. The minimum atomic E-state index is -1.06. The van der Waals surface area contributed by atoms with Crippen LogP contribution in [0.15, 0.2) is 29.6 Å². The number of aromatic nitrogens is 1. The Hall–Kier alpha value is -2.52. The molecule has 0 aliphatic carbocycles. The Kier molecular flexibility index (Phi) is 9.36. The third-order valence-electron chi connectivity index (χ3n) is 3.84. The fourth-order valence-electron chi connectivity index (χ4n) is 2.43. The van der Waals surface area contributed by atoms with Crippen LogP contribution in [0.4, 0.5) is 9.18 Å². The number of carbonyl (C=O) groups excluding carboxylic acids is 1. The quantitative estimate of drug-likeness (QED) is 0.468. The standard InChI is InChI=1S/C19H24FN3O4S/c20-15-7-5-14(6-8-15)11-27-12-17(24)21-9-3-1-2-4-16-13-28-18(23-16)10-22-19(25)26/h5-8,13,22H,1-4,9-12H2,(H,21,24)(H,25,26). The SMILES string of the molecule is O=C(O)NCc1nc(CCCCCNC(=O)COCc2ccc(F)cc2)cs1. The number of halogens is 1. The van der Waals surface area contributed by atoms with Crippen molar-refractivity contribution in [3.63, 3.8) is 0 Å². The van der Waals surface area contributed by atoms with E-state index < -0.39 is 6.09 Å². The summed E-state index contributed by atoms with van der Waals surface area (Å²) in [5.74, 6) is -0.468. The molecule has 0 fully saturated rings. The van der Waals surface area contributed by atoms with Crippen LogP contribution >= 0.6 is 11.3 Å². The van der Waals surface area contributed by atoms with Gasteiger partial charge in [0.05, 0.1) is 18.8 Å². The lowest BCUT2D eigenvalue weighted by molar-refractivity contribution is -0.126. The van der Waals surface area contributed by atoms with Crippen molar-refractivity contribution in [2.75, 3.05) is 13.2 Å². The molecule has 9 heteroatoms. The van der Waals surface area contributed by atoms with E-state index in [0.717, 1.165) is 41.9 Å². The van der Waals surface area contributed by atoms with Crippen LogP contribution in [-0.4, -0.2) is 35.2 Å². The van der Waals surface area contributed by atoms with Crippen LogP contribution in [0, 0.1) is 5.82 Å². The lowest BCUT2D eigenvalue weighted by Crippen LogP contribution is -2.28. The van der Waals surface area contributed by atoms with E-state index in [1.165, 1.54) is 23.5 Å². The highest BCUT2D eigenvalue weighted by Crippen LogP contribution is 2.12. The van der Waals surface area contributed by atoms with Gasteiger partial charge in [0.2, 0.25) is 5.91 Å². The molecule has 0 spiro atoms. The van der Waals surface area contributed by atoms with E-state index in [4.69, 9.17) is 9.84 Å². The van der Waals surface area contributed by atoms with E-state index >= 15 is 0 Å². The summed E-state index contributed by atoms with van der Waals surface area (Å²) in [7, 11) is 0. The Morgan fingerprint density at radius 3 is 2.68 bits per heavy atom. The number of benzene rings is 1. The van der Waals surface area contributed by atoms with Crippen LogP contribution in [-0.2, 0) is 29.1 Å². The number of thiazole rings is 1. The fraction of sp³-hybridized carbons (Fsp3) is 0.421. The van der Waals surface area contributed by atoms with Crippen LogP contribution < -0.4 is 10.6 Å². The van der Waals surface area contributed by atoms with E-state index in [0.29, 0.717) is 6.54 Å². The minimum absolute atomic E-state index is 0.0244. The van der Waals surface area contributed by atoms with Gasteiger partial charge >= 0.3 is 6.09 Å². The third kappa shape index (κ3) is 8.92. The highest BCUT2D eigenvalue weighted by molar-refractivity contribution is 7.09. The fourth-order valence-corrected chi connectivity index (χ4v) is 3.19. The molecule has 2 amide bonds. The van der Waals surface area contributed by atoms with Crippen molar-refractivity contribution in [1.29, 1.82) is 0 Å². The van der Waals surface area contributed by atoms with Crippen molar-refractivity contribution < 1.29 is 23.8 Å². The van der Waals surface area contributed by atoms with Gasteiger partial charge in [0, 0.05) is 11.9 Å². The molecule has 28 heavy (non-hydrogen) atoms. The first-order valence-corrected chi connectivity index (χ1v) is 9.90. The van der Waals surface area contributed by atoms with Crippen LogP contribution in [0.3, 0.4) is 0 Å². The average Bonchev–Trinajstić information content (AvgIpc) is 3.12. The van der Waals surface area contributed by atoms with Crippen molar-refractivity contribution in [3.8, 4) is 0 Å². The van der Waals surface area contributed by atoms with Crippen molar-refractivity contribution in [3.05, 3.63) is 51.7 Å². The van der Waals surface area contributed by atoms with Gasteiger partial charge in [0.1, 0.15) is 17.4 Å². The second-order valence-corrected chi connectivity index (χ2v) is 7.11. The van der Waals surface area contributed by atoms with Crippen molar-refractivity contribution in [2.24, 2.45) is 0 Å². The Morgan fingerprint density at radius 2 is 1.93 bits per heavy atom. The average molecular weight is 409 g/mol. The molecule has 0 saturated carbocycles. The Morgan fingerprint density at radius 1 is 1.14 bits per heavy atom. The third-order valence-corrected chi connectivity index (χ3v) is 4.73. The molecule has 0 bridgehead atoms. The van der Waals surface area contributed by atoms with Crippen molar-refractivity contribution in [2.45, 2.75) is 38.8 Å². The first-order chi connectivity index (χ1) is 13.5. The number of hydrogen-bond donors (Lipinski definition) is 3. The predicted molar refractivity (Wildman–Crippen MR) is 104 cm³/mol. The molecule has 0 atom stereocenters. The van der Waals surface area contributed by atoms with Gasteiger partial charge < -0.3 is 20.5 Å². The topological polar surface area (TPSA) is 101 Å². The van der Waals surface area contributed by atoms with E-state index in [-0.39, 0.29) is 31.5 Å². The number of ether oxygens (including phenoxy) is 1. The summed E-state index contributed by atoms with van der Waals surface area (Å²) in [6, 6.07) is 5.97. The molecule has 2 rings (SSSR count). The summed E-state index contributed by atoms with van der Waals surface area (Å²) in [6.07, 6.45) is 2.54. The molecular formula is C19H24FN3O4S. The summed E-state index contributed by atoms with van der Waals surface area (Å²) in [4.78, 5) is 26.5. The number of hydrogen-bond acceptors (Lipinski definition) is 5.